The zero-order valence-electron chi connectivity index (χ0n) is 21.1. The fourth-order valence-electron chi connectivity index (χ4n) is 5.70. The zero-order valence-corrected chi connectivity index (χ0v) is 24.8. The van der Waals surface area contributed by atoms with Gasteiger partial charge in [-0.15, -0.1) is 0 Å². The van der Waals surface area contributed by atoms with Crippen LogP contribution in [0.15, 0.2) is 41.3 Å². The van der Waals surface area contributed by atoms with Crippen LogP contribution in [-0.4, -0.2) is 73.5 Å². The van der Waals surface area contributed by atoms with Crippen molar-refractivity contribution in [2.45, 2.75) is 80.4 Å². The molecule has 0 spiro atoms. The van der Waals surface area contributed by atoms with Crippen LogP contribution in [0.2, 0.25) is 0 Å². The number of hydrogen-bond donors (Lipinski definition) is 1. The predicted octanol–water partition coefficient (Wildman–Crippen LogP) is 5.18. The first kappa shape index (κ1) is 30.6. The molecule has 189 valence electrons. The van der Waals surface area contributed by atoms with Crippen LogP contribution < -0.4 is 14.8 Å². The van der Waals surface area contributed by atoms with E-state index in [9.17, 15) is 13.0 Å². The van der Waals surface area contributed by atoms with Crippen LogP contribution in [0.3, 0.4) is 0 Å². The number of hydrogen-bond acceptors (Lipinski definition) is 4. The molecule has 9 heteroatoms. The minimum absolute atomic E-state index is 0. The summed E-state index contributed by atoms with van der Waals surface area (Å²) in [7, 11) is -1.85. The molecule has 0 heterocycles. The molecule has 6 nitrogen and oxygen atoms in total. The minimum Gasteiger partial charge on any atom is -0.496 e. The Kier molecular flexibility index (Phi) is 12.0. The van der Waals surface area contributed by atoms with Gasteiger partial charge in [0.15, 0.2) is 5.75 Å². The molecule has 2 aliphatic carbocycles. The van der Waals surface area contributed by atoms with E-state index in [2.05, 4.69) is 18.2 Å². The van der Waals surface area contributed by atoms with Crippen LogP contribution in [-0.2, 0) is 10.1 Å². The van der Waals surface area contributed by atoms with E-state index in [4.69, 9.17) is 9.47 Å². The van der Waals surface area contributed by atoms with Gasteiger partial charge in [0.2, 0.25) is 0 Å². The minimum atomic E-state index is -4.45. The Bertz CT molecular complexity index is 1050. The first-order valence-corrected chi connectivity index (χ1v) is 15.0. The standard InChI is InChI=1S/C26H35O5PS.Na.H2O/c1-30-22-17-18-24(33(27,28)29)26(31-2)25(22)21-15-9-10-16-23(21)32(19-11-5-3-6-12-19)20-13-7-4-8-14-20;;/h9-10,15-20H,3-8,11-14H2,1-2H3,(H,27,28,29);;1H2. The monoisotopic (exact) mass is 531 g/mol. The molecule has 0 bridgehead atoms. The Hall–Kier alpha value is -0.660. The second kappa shape index (κ2) is 13.8. The largest absolute Gasteiger partial charge is 0.496 e. The first-order valence-electron chi connectivity index (χ1n) is 12.1. The third kappa shape index (κ3) is 6.81. The second-order valence-electron chi connectivity index (χ2n) is 9.16. The van der Waals surface area contributed by atoms with Gasteiger partial charge in [0.05, 0.1) is 19.8 Å². The van der Waals surface area contributed by atoms with Crippen LogP contribution in [0.4, 0.5) is 0 Å². The van der Waals surface area contributed by atoms with Crippen molar-refractivity contribution in [1.82, 2.24) is 0 Å². The maximum absolute atomic E-state index is 12.1. The van der Waals surface area contributed by atoms with Crippen LogP contribution in [0, 0.1) is 0 Å². The molecule has 0 aliphatic heterocycles. The molecule has 0 unspecified atom stereocenters. The van der Waals surface area contributed by atoms with E-state index < -0.39 is 18.0 Å². The molecule has 35 heavy (non-hydrogen) atoms. The van der Waals surface area contributed by atoms with E-state index in [-0.39, 0.29) is 45.7 Å². The topological polar surface area (TPSA) is 104 Å². The fraction of sp³-hybridized carbons (Fsp3) is 0.538. The Morgan fingerprint density at radius 2 is 1.37 bits per heavy atom. The average molecular weight is 532 g/mol. The van der Waals surface area contributed by atoms with E-state index in [0.717, 1.165) is 5.56 Å². The van der Waals surface area contributed by atoms with E-state index in [1.54, 1.807) is 13.2 Å². The Balaban J connectivity index is 0.00000216. The molecular formula is C26H37NaO6PS. The van der Waals surface area contributed by atoms with Gasteiger partial charge in [-0.25, -0.2) is 0 Å². The maximum atomic E-state index is 12.1. The molecule has 2 aromatic carbocycles. The quantitative estimate of drug-likeness (QED) is 0.301. The van der Waals surface area contributed by atoms with Crippen molar-refractivity contribution in [3.05, 3.63) is 36.4 Å². The number of ether oxygens (including phenoxy) is 2. The van der Waals surface area contributed by atoms with E-state index in [0.29, 0.717) is 22.6 Å². The summed E-state index contributed by atoms with van der Waals surface area (Å²) in [5.41, 5.74) is 2.98. The molecule has 2 aliphatic rings. The molecule has 4 rings (SSSR count). The molecule has 0 amide bonds. The summed E-state index contributed by atoms with van der Waals surface area (Å²) in [6.07, 6.45) is 12.9. The molecular weight excluding hydrogens is 494 g/mol. The zero-order chi connectivity index (χ0) is 23.4. The number of benzene rings is 2. The Labute approximate surface area is 233 Å². The van der Waals surface area contributed by atoms with Gasteiger partial charge in [0.25, 0.3) is 10.1 Å². The van der Waals surface area contributed by atoms with Crippen molar-refractivity contribution < 1.29 is 27.9 Å². The van der Waals surface area contributed by atoms with Crippen LogP contribution in [0.1, 0.15) is 64.2 Å². The van der Waals surface area contributed by atoms with Crippen LogP contribution in [0.5, 0.6) is 11.5 Å². The van der Waals surface area contributed by atoms with Crippen LogP contribution in [0.25, 0.3) is 11.1 Å². The van der Waals surface area contributed by atoms with Gasteiger partial charge in [-0.2, -0.15) is 8.42 Å². The molecule has 0 saturated heterocycles. The first-order chi connectivity index (χ1) is 16.0. The summed E-state index contributed by atoms with van der Waals surface area (Å²) in [6, 6.07) is 11.4. The summed E-state index contributed by atoms with van der Waals surface area (Å²) >= 11 is 0. The van der Waals surface area contributed by atoms with Gasteiger partial charge in [-0.1, -0.05) is 70.7 Å². The summed E-state index contributed by atoms with van der Waals surface area (Å²) in [6.45, 7) is 0. The summed E-state index contributed by atoms with van der Waals surface area (Å²) in [5.74, 6) is 0.695. The van der Waals surface area contributed by atoms with Crippen molar-refractivity contribution in [1.29, 1.82) is 0 Å². The second-order valence-corrected chi connectivity index (χ2v) is 13.3. The van der Waals surface area contributed by atoms with Gasteiger partial charge >= 0.3 is 0 Å². The van der Waals surface area contributed by atoms with Crippen molar-refractivity contribution in [2.24, 2.45) is 0 Å². The Morgan fingerprint density at radius 3 is 1.86 bits per heavy atom. The third-order valence-electron chi connectivity index (χ3n) is 7.17. The van der Waals surface area contributed by atoms with Crippen LogP contribution >= 0.6 is 7.92 Å². The van der Waals surface area contributed by atoms with Crippen molar-refractivity contribution in [3.8, 4) is 22.6 Å². The maximum Gasteiger partial charge on any atom is 0.298 e. The van der Waals surface area contributed by atoms with Gasteiger partial charge in [-0.3, -0.25) is 4.55 Å². The van der Waals surface area contributed by atoms with Gasteiger partial charge in [0, 0.05) is 29.6 Å². The van der Waals surface area contributed by atoms with E-state index in [1.807, 2.05) is 6.07 Å². The Morgan fingerprint density at radius 1 is 0.829 bits per heavy atom. The fourth-order valence-corrected chi connectivity index (χ4v) is 10.3. The normalized spacial score (nSPS) is 17.4. The number of methoxy groups -OCH3 is 2. The van der Waals surface area contributed by atoms with Crippen molar-refractivity contribution >= 4 is 52.9 Å². The van der Waals surface area contributed by atoms with E-state index in [1.165, 1.54) is 82.7 Å². The molecule has 2 fully saturated rings. The average Bonchev–Trinajstić information content (AvgIpc) is 2.84. The summed E-state index contributed by atoms with van der Waals surface area (Å²) in [5, 5.41) is 1.32. The van der Waals surface area contributed by atoms with Gasteiger partial charge in [-0.05, 0) is 60.0 Å². The molecule has 2 aromatic rings. The molecule has 0 atom stereocenters. The molecule has 3 N–H and O–H groups in total. The molecule has 1 radical (unpaired) electrons. The van der Waals surface area contributed by atoms with Crippen molar-refractivity contribution in [2.75, 3.05) is 14.2 Å². The summed E-state index contributed by atoms with van der Waals surface area (Å²) < 4.78 is 45.5. The van der Waals surface area contributed by atoms with Gasteiger partial charge in [0.1, 0.15) is 10.6 Å². The third-order valence-corrected chi connectivity index (χ3v) is 11.6. The summed E-state index contributed by atoms with van der Waals surface area (Å²) in [4.78, 5) is -0.227. The smallest absolute Gasteiger partial charge is 0.298 e. The number of rotatable bonds is 7. The molecule has 0 aromatic heterocycles. The predicted molar refractivity (Wildman–Crippen MR) is 144 cm³/mol. The van der Waals surface area contributed by atoms with Gasteiger partial charge < -0.3 is 14.9 Å². The van der Waals surface area contributed by atoms with E-state index >= 15 is 0 Å². The molecule has 2 saturated carbocycles. The van der Waals surface area contributed by atoms with Crippen molar-refractivity contribution in [3.63, 3.8) is 0 Å². The SMILES string of the molecule is COc1ccc(S(=O)(=O)O)c(OC)c1-c1ccccc1P(C1CCCCC1)C1CCCCC1.O.[Na].